The summed E-state index contributed by atoms with van der Waals surface area (Å²) < 4.78 is 45.0. The van der Waals surface area contributed by atoms with Gasteiger partial charge in [-0.15, -0.1) is 0 Å². The Kier molecular flexibility index (Phi) is 11.9. The van der Waals surface area contributed by atoms with E-state index in [1.54, 1.807) is 7.11 Å². The maximum absolute atomic E-state index is 14.1. The Hall–Kier alpha value is -3.10. The number of hydrogen-bond donors (Lipinski definition) is 2. The molecule has 0 bridgehead atoms. The molecule has 0 unspecified atom stereocenters. The van der Waals surface area contributed by atoms with Crippen LogP contribution in [0.2, 0.25) is 5.02 Å². The first-order valence-corrected chi connectivity index (χ1v) is 12.3. The monoisotopic (exact) mass is 541 g/mol. The Balaban J connectivity index is 0.00000154. The fourth-order valence-corrected chi connectivity index (χ4v) is 4.29. The van der Waals surface area contributed by atoms with Crippen molar-refractivity contribution in [2.75, 3.05) is 12.0 Å². The molecule has 0 saturated carbocycles. The van der Waals surface area contributed by atoms with Crippen molar-refractivity contribution in [3.8, 4) is 5.75 Å². The van der Waals surface area contributed by atoms with Gasteiger partial charge in [0.25, 0.3) is 0 Å². The second kappa shape index (κ2) is 13.8. The first kappa shape index (κ1) is 30.9. The van der Waals surface area contributed by atoms with Crippen molar-refractivity contribution < 1.29 is 37.5 Å². The minimum Gasteiger partial charge on any atom is -0.495 e. The molecule has 0 radical (unpaired) electrons. The van der Waals surface area contributed by atoms with Crippen LogP contribution in [0.4, 0.5) is 14.5 Å². The number of halogens is 3. The van der Waals surface area contributed by atoms with Crippen LogP contribution in [0, 0.1) is 6.92 Å². The maximum Gasteiger partial charge on any atom is 0.399 e. The Morgan fingerprint density at radius 3 is 2.11 bits per heavy atom. The molecule has 0 amide bonds. The lowest BCUT2D eigenvalue weighted by molar-refractivity contribution is -0.0987. The SMILES string of the molecule is C=O.C=O.COc1ccccc1N(Cc1ccc(C(F)(F)P(=O)(O)O)c(Cl)c1)Cc1ccccc1C. The Bertz CT molecular complexity index is 1190. The van der Waals surface area contributed by atoms with E-state index in [4.69, 9.17) is 35.7 Å². The normalized spacial score (nSPS) is 10.9. The number of carbonyl (C=O) groups is 2. The predicted octanol–water partition coefficient (Wildman–Crippen LogP) is 5.72. The summed E-state index contributed by atoms with van der Waals surface area (Å²) in [7, 11) is -4.14. The molecule has 0 spiro atoms. The van der Waals surface area contributed by atoms with E-state index in [0.29, 0.717) is 24.4 Å². The van der Waals surface area contributed by atoms with Crippen LogP contribution in [0.25, 0.3) is 0 Å². The van der Waals surface area contributed by atoms with E-state index in [9.17, 15) is 13.3 Å². The van der Waals surface area contributed by atoms with Crippen molar-refractivity contribution in [3.05, 3.63) is 94.0 Å². The summed E-state index contributed by atoms with van der Waals surface area (Å²) in [5.74, 6) is 0.650. The molecule has 3 aromatic rings. The van der Waals surface area contributed by atoms with Crippen LogP contribution in [0.15, 0.2) is 66.7 Å². The van der Waals surface area contributed by atoms with Crippen molar-refractivity contribution in [1.82, 2.24) is 0 Å². The van der Waals surface area contributed by atoms with Gasteiger partial charge in [-0.2, -0.15) is 8.78 Å². The molecule has 3 aromatic carbocycles. The summed E-state index contributed by atoms with van der Waals surface area (Å²) >= 11 is 6.03. The van der Waals surface area contributed by atoms with Crippen LogP contribution >= 0.6 is 19.2 Å². The quantitative estimate of drug-likeness (QED) is 0.351. The summed E-state index contributed by atoms with van der Waals surface area (Å²) in [6, 6.07) is 19.0. The molecule has 194 valence electrons. The van der Waals surface area contributed by atoms with Crippen molar-refractivity contribution in [2.24, 2.45) is 0 Å². The molecule has 3 rings (SSSR count). The summed E-state index contributed by atoms with van der Waals surface area (Å²) in [6.07, 6.45) is 0. The van der Waals surface area contributed by atoms with E-state index in [1.807, 2.05) is 73.9 Å². The molecule has 0 atom stereocenters. The van der Waals surface area contributed by atoms with Crippen LogP contribution in [-0.4, -0.2) is 30.5 Å². The molecule has 0 aliphatic rings. The summed E-state index contributed by atoms with van der Waals surface area (Å²) in [4.78, 5) is 36.1. The topological polar surface area (TPSA) is 104 Å². The highest BCUT2D eigenvalue weighted by Gasteiger charge is 2.51. The summed E-state index contributed by atoms with van der Waals surface area (Å²) in [5, 5.41) is -0.410. The first-order valence-electron chi connectivity index (χ1n) is 10.3. The Morgan fingerprint density at radius 2 is 1.56 bits per heavy atom. The highest BCUT2D eigenvalue weighted by atomic mass is 35.5. The minimum atomic E-state index is -5.71. The largest absolute Gasteiger partial charge is 0.495 e. The Morgan fingerprint density at radius 1 is 0.972 bits per heavy atom. The van der Waals surface area contributed by atoms with Gasteiger partial charge in [-0.3, -0.25) is 4.57 Å². The molecule has 2 N–H and O–H groups in total. The number of benzene rings is 3. The Labute approximate surface area is 213 Å². The van der Waals surface area contributed by atoms with E-state index in [1.165, 1.54) is 12.1 Å². The second-order valence-electron chi connectivity index (χ2n) is 7.35. The number of alkyl halides is 2. The molecular weight excluding hydrogens is 515 g/mol. The fourth-order valence-electron chi connectivity index (χ4n) is 3.39. The zero-order valence-corrected chi connectivity index (χ0v) is 21.4. The summed E-state index contributed by atoms with van der Waals surface area (Å²) in [5.41, 5.74) is -1.69. The van der Waals surface area contributed by atoms with Gasteiger partial charge in [-0.25, -0.2) is 0 Å². The lowest BCUT2D eigenvalue weighted by Crippen LogP contribution is -2.23. The third kappa shape index (κ3) is 7.45. The number of rotatable bonds is 8. The number of carbonyl (C=O) groups excluding carboxylic acids is 2. The van der Waals surface area contributed by atoms with Gasteiger partial charge in [0.2, 0.25) is 0 Å². The van der Waals surface area contributed by atoms with Crippen molar-refractivity contribution in [2.45, 2.75) is 25.7 Å². The van der Waals surface area contributed by atoms with Crippen molar-refractivity contribution >= 4 is 38.5 Å². The van der Waals surface area contributed by atoms with Gasteiger partial charge in [0.1, 0.15) is 19.3 Å². The molecule has 0 aliphatic heterocycles. The lowest BCUT2D eigenvalue weighted by atomic mass is 10.1. The van der Waals surface area contributed by atoms with Gasteiger partial charge in [0.15, 0.2) is 0 Å². The third-order valence-electron chi connectivity index (χ3n) is 5.15. The van der Waals surface area contributed by atoms with Gasteiger partial charge < -0.3 is 29.0 Å². The third-order valence-corrected chi connectivity index (χ3v) is 6.43. The molecule has 0 heterocycles. The first-order chi connectivity index (χ1) is 17.0. The molecule has 0 aromatic heterocycles. The number of methoxy groups -OCH3 is 1. The molecule has 11 heteroatoms. The average Bonchev–Trinajstić information content (AvgIpc) is 2.86. The van der Waals surface area contributed by atoms with Gasteiger partial charge in [-0.05, 0) is 41.8 Å². The highest BCUT2D eigenvalue weighted by molar-refractivity contribution is 7.52. The maximum atomic E-state index is 14.1. The van der Waals surface area contributed by atoms with Crippen LogP contribution in [0.5, 0.6) is 5.75 Å². The average molecular weight is 542 g/mol. The lowest BCUT2D eigenvalue weighted by Gasteiger charge is -2.28. The van der Waals surface area contributed by atoms with E-state index in [2.05, 4.69) is 0 Å². The molecule has 36 heavy (non-hydrogen) atoms. The van der Waals surface area contributed by atoms with Crippen molar-refractivity contribution in [1.29, 1.82) is 0 Å². The van der Waals surface area contributed by atoms with Gasteiger partial charge >= 0.3 is 13.3 Å². The summed E-state index contributed by atoms with van der Waals surface area (Å²) in [6.45, 7) is 6.83. The molecular formula is C25H27ClF2NO6P. The van der Waals surface area contributed by atoms with Crippen LogP contribution in [0.1, 0.15) is 22.3 Å². The fraction of sp³-hybridized carbons (Fsp3) is 0.200. The standard InChI is InChI=1S/C23H23ClF2NO4P.2CH2O/c1-16-7-3-4-8-18(16)15-27(21-9-5-6-10-22(21)31-2)14-17-11-12-19(20(24)13-17)23(25,26)32(28,29)30;2*1-2/h3-13H,14-15H2,1-2H3,(H2,28,29,30);2*1H2. The molecule has 7 nitrogen and oxygen atoms in total. The van der Waals surface area contributed by atoms with Gasteiger partial charge in [0, 0.05) is 13.1 Å². The minimum absolute atomic E-state index is 0.302. The number of aryl methyl sites for hydroxylation is 1. The number of nitrogens with zero attached hydrogens (tertiary/aromatic N) is 1. The zero-order chi connectivity index (χ0) is 27.5. The molecule has 0 saturated heterocycles. The molecule has 0 aliphatic carbocycles. The number of para-hydroxylation sites is 2. The second-order valence-corrected chi connectivity index (χ2v) is 9.41. The number of anilines is 1. The van der Waals surface area contributed by atoms with Gasteiger partial charge in [0.05, 0.1) is 23.4 Å². The van der Waals surface area contributed by atoms with E-state index < -0.39 is 23.8 Å². The highest BCUT2D eigenvalue weighted by Crippen LogP contribution is 2.60. The van der Waals surface area contributed by atoms with E-state index in [-0.39, 0.29) is 0 Å². The van der Waals surface area contributed by atoms with Crippen LogP contribution in [0.3, 0.4) is 0 Å². The van der Waals surface area contributed by atoms with Gasteiger partial charge in [-0.1, -0.05) is 60.1 Å². The zero-order valence-electron chi connectivity index (χ0n) is 19.7. The smallest absolute Gasteiger partial charge is 0.399 e. The van der Waals surface area contributed by atoms with Crippen LogP contribution in [-0.2, 0) is 32.9 Å². The van der Waals surface area contributed by atoms with E-state index >= 15 is 0 Å². The number of hydrogen-bond acceptors (Lipinski definition) is 5. The van der Waals surface area contributed by atoms with E-state index in [0.717, 1.165) is 22.9 Å². The van der Waals surface area contributed by atoms with Crippen LogP contribution < -0.4 is 9.64 Å². The molecule has 0 fully saturated rings. The van der Waals surface area contributed by atoms with Crippen molar-refractivity contribution in [3.63, 3.8) is 0 Å². The predicted molar refractivity (Wildman–Crippen MR) is 136 cm³/mol. The number of ether oxygens (including phenoxy) is 1.